The van der Waals surface area contributed by atoms with Gasteiger partial charge in [-0.25, -0.2) is 0 Å². The minimum atomic E-state index is -1.23. The molecule has 5 aliphatic rings. The summed E-state index contributed by atoms with van der Waals surface area (Å²) in [7, 11) is 0. The first-order valence-electron chi connectivity index (χ1n) is 12.4. The van der Waals surface area contributed by atoms with Crippen LogP contribution >= 0.6 is 0 Å². The largest absolute Gasteiger partial charge is 0.508 e. The minimum Gasteiger partial charge on any atom is -0.508 e. The monoisotopic (exact) mass is 470 g/mol. The molecule has 8 nitrogen and oxygen atoms in total. The lowest BCUT2D eigenvalue weighted by atomic mass is 9.53. The van der Waals surface area contributed by atoms with Gasteiger partial charge in [0.2, 0.25) is 0 Å². The molecule has 8 heteroatoms. The number of phenolic OH excluding ortho intramolecular Hbond substituents is 1. The molecule has 0 unspecified atom stereocenters. The van der Waals surface area contributed by atoms with Crippen LogP contribution in [0.25, 0.3) is 0 Å². The average Bonchev–Trinajstić information content (AvgIpc) is 3.51. The maximum absolute atomic E-state index is 13.0. The summed E-state index contributed by atoms with van der Waals surface area (Å²) in [6.07, 6.45) is 2.72. The van der Waals surface area contributed by atoms with E-state index >= 15 is 0 Å². The van der Waals surface area contributed by atoms with Crippen LogP contribution in [0.4, 0.5) is 0 Å². The van der Waals surface area contributed by atoms with E-state index in [1.165, 1.54) is 12.8 Å². The highest BCUT2D eigenvalue weighted by Gasteiger charge is 2.69. The summed E-state index contributed by atoms with van der Waals surface area (Å²) < 4.78 is 11.5. The highest BCUT2D eigenvalue weighted by Crippen LogP contribution is 2.63. The summed E-state index contributed by atoms with van der Waals surface area (Å²) in [5, 5.41) is 37.3. The number of hydrogen-bond acceptors (Lipinski definition) is 7. The number of amides is 1. The number of nitrogens with zero attached hydrogens (tertiary/aromatic N) is 1. The first kappa shape index (κ1) is 22.2. The second-order valence-corrected chi connectivity index (χ2v) is 11.5. The summed E-state index contributed by atoms with van der Waals surface area (Å²) >= 11 is 0. The van der Waals surface area contributed by atoms with Crippen LogP contribution in [-0.2, 0) is 21.4 Å². The van der Waals surface area contributed by atoms with Gasteiger partial charge in [0.05, 0.1) is 35.3 Å². The fourth-order valence-corrected chi connectivity index (χ4v) is 6.73. The number of carbonyl (C=O) groups excluding carboxylic acids is 1. The first-order valence-corrected chi connectivity index (χ1v) is 12.4. The van der Waals surface area contributed by atoms with Gasteiger partial charge in [-0.3, -0.25) is 9.69 Å². The van der Waals surface area contributed by atoms with E-state index in [-0.39, 0.29) is 29.0 Å². The normalized spacial score (nSPS) is 36.1. The molecule has 2 saturated heterocycles. The third-order valence-electron chi connectivity index (χ3n) is 8.97. The van der Waals surface area contributed by atoms with Crippen molar-refractivity contribution in [1.29, 1.82) is 0 Å². The topological polar surface area (TPSA) is 111 Å². The van der Waals surface area contributed by atoms with Crippen molar-refractivity contribution in [1.82, 2.24) is 10.2 Å². The Morgan fingerprint density at radius 2 is 2.00 bits per heavy atom. The van der Waals surface area contributed by atoms with Crippen LogP contribution in [0.1, 0.15) is 51.2 Å². The van der Waals surface area contributed by atoms with Gasteiger partial charge >= 0.3 is 0 Å². The number of fused-ring (bicyclic) bond motifs is 1. The number of piperidine rings is 1. The predicted octanol–water partition coefficient (Wildman–Crippen LogP) is 1.92. The Morgan fingerprint density at radius 1 is 1.26 bits per heavy atom. The molecule has 1 spiro atoms. The molecule has 1 aromatic carbocycles. The van der Waals surface area contributed by atoms with Crippen LogP contribution in [0.3, 0.4) is 0 Å². The summed E-state index contributed by atoms with van der Waals surface area (Å²) in [5.74, 6) is 0.412. The summed E-state index contributed by atoms with van der Waals surface area (Å²) in [6, 6.07) is 3.40. The Labute approximate surface area is 199 Å². The van der Waals surface area contributed by atoms with E-state index in [0.29, 0.717) is 37.7 Å². The van der Waals surface area contributed by atoms with Crippen LogP contribution in [-0.4, -0.2) is 75.7 Å². The van der Waals surface area contributed by atoms with Crippen LogP contribution in [0.2, 0.25) is 0 Å². The lowest BCUT2D eigenvalue weighted by molar-refractivity contribution is -0.153. The number of aliphatic hydroxyl groups excluding tert-OH is 1. The van der Waals surface area contributed by atoms with E-state index in [0.717, 1.165) is 24.2 Å². The van der Waals surface area contributed by atoms with E-state index in [2.05, 4.69) is 10.2 Å². The molecule has 6 rings (SSSR count). The highest BCUT2D eigenvalue weighted by atomic mass is 16.5. The minimum absolute atomic E-state index is 0.00989. The quantitative estimate of drug-likeness (QED) is 0.384. The van der Waals surface area contributed by atoms with E-state index in [9.17, 15) is 20.1 Å². The average molecular weight is 471 g/mol. The van der Waals surface area contributed by atoms with Gasteiger partial charge in [-0.1, -0.05) is 6.07 Å². The lowest BCUT2D eigenvalue weighted by Gasteiger charge is -2.59. The number of rotatable bonds is 5. The lowest BCUT2D eigenvalue weighted by Crippen LogP contribution is -2.73. The number of nitrogens with one attached hydrogen (secondary N) is 1. The van der Waals surface area contributed by atoms with Crippen molar-refractivity contribution in [2.45, 2.75) is 75.2 Å². The Hall–Kier alpha value is -2.29. The van der Waals surface area contributed by atoms with E-state index in [1.54, 1.807) is 13.0 Å². The molecule has 4 atom stereocenters. The third-order valence-corrected chi connectivity index (χ3v) is 8.97. The number of carbonyl (C=O) groups is 1. The Bertz CT molecular complexity index is 1090. The second kappa shape index (κ2) is 7.12. The molecule has 1 aromatic rings. The van der Waals surface area contributed by atoms with E-state index < -0.39 is 22.7 Å². The second-order valence-electron chi connectivity index (χ2n) is 11.5. The number of hydrogen-bond donors (Lipinski definition) is 4. The van der Waals surface area contributed by atoms with Gasteiger partial charge in [0.25, 0.3) is 5.91 Å². The fraction of sp³-hybridized carbons (Fsp3) is 0.654. The molecule has 0 aromatic heterocycles. The van der Waals surface area contributed by atoms with Gasteiger partial charge in [0.15, 0.2) is 17.6 Å². The van der Waals surface area contributed by atoms with Crippen molar-refractivity contribution in [2.24, 2.45) is 5.92 Å². The maximum Gasteiger partial charge on any atom is 0.251 e. The number of aliphatic hydroxyl groups is 2. The summed E-state index contributed by atoms with van der Waals surface area (Å²) in [6.45, 7) is 7.89. The van der Waals surface area contributed by atoms with Crippen molar-refractivity contribution in [2.75, 3.05) is 26.3 Å². The zero-order chi connectivity index (χ0) is 24.0. The molecule has 3 fully saturated rings. The number of ether oxygens (including phenoxy) is 2. The molecule has 0 radical (unpaired) electrons. The molecule has 2 bridgehead atoms. The molecule has 3 heterocycles. The SMILES string of the molecule is C/C(C(=O)NC1(C)COC1)=C(/O)[C@@H]1Oc2c(O)ccc3c2[C@@]12CCN(CC1CC1)[C@H](C3)[C@@]2(C)O. The van der Waals surface area contributed by atoms with Crippen LogP contribution in [0.5, 0.6) is 11.5 Å². The first-order chi connectivity index (χ1) is 16.1. The number of likely N-dealkylation sites (tertiary alicyclic amines) is 1. The molecular weight excluding hydrogens is 436 g/mol. The standard InChI is InChI=1S/C26H34N2O6/c1-14(23(31)27-24(2)12-33-13-24)20(30)22-26-8-9-28(11-15-4-5-15)18(25(26,3)32)10-16-6-7-17(29)21(34-22)19(16)26/h6-7,15,18,22,29-30,32H,4-5,8-13H2,1-3H3,(H,27,31)/b20-14-/t18-,22+,25-,26+/m1/s1. The highest BCUT2D eigenvalue weighted by molar-refractivity contribution is 5.94. The van der Waals surface area contributed by atoms with Gasteiger partial charge in [-0.05, 0) is 70.5 Å². The van der Waals surface area contributed by atoms with Gasteiger partial charge in [-0.2, -0.15) is 0 Å². The number of benzene rings is 1. The molecule has 1 amide bonds. The van der Waals surface area contributed by atoms with Crippen LogP contribution in [0.15, 0.2) is 23.5 Å². The van der Waals surface area contributed by atoms with E-state index in [4.69, 9.17) is 9.47 Å². The Morgan fingerprint density at radius 3 is 2.65 bits per heavy atom. The van der Waals surface area contributed by atoms with Crippen LogP contribution < -0.4 is 10.1 Å². The molecule has 184 valence electrons. The Balaban J connectivity index is 1.43. The van der Waals surface area contributed by atoms with Crippen molar-refractivity contribution >= 4 is 5.91 Å². The third kappa shape index (κ3) is 2.91. The Kier molecular flexibility index (Phi) is 4.65. The number of aromatic hydroxyl groups is 1. The van der Waals surface area contributed by atoms with E-state index in [1.807, 2.05) is 19.9 Å². The van der Waals surface area contributed by atoms with Gasteiger partial charge in [-0.15, -0.1) is 0 Å². The zero-order valence-corrected chi connectivity index (χ0v) is 20.1. The zero-order valence-electron chi connectivity index (χ0n) is 20.1. The molecule has 3 aliphatic heterocycles. The van der Waals surface area contributed by atoms with Crippen LogP contribution in [0, 0.1) is 5.92 Å². The van der Waals surface area contributed by atoms with Crippen molar-refractivity contribution in [3.05, 3.63) is 34.6 Å². The summed E-state index contributed by atoms with van der Waals surface area (Å²) in [4.78, 5) is 15.4. The molecule has 34 heavy (non-hydrogen) atoms. The number of phenols is 1. The molecule has 4 N–H and O–H groups in total. The van der Waals surface area contributed by atoms with Gasteiger partial charge < -0.3 is 30.1 Å². The summed E-state index contributed by atoms with van der Waals surface area (Å²) in [5.41, 5.74) is -0.689. The maximum atomic E-state index is 13.0. The molecule has 1 saturated carbocycles. The molecular formula is C26H34N2O6. The van der Waals surface area contributed by atoms with Crippen molar-refractivity contribution in [3.8, 4) is 11.5 Å². The molecule has 2 aliphatic carbocycles. The smallest absolute Gasteiger partial charge is 0.251 e. The predicted molar refractivity (Wildman–Crippen MR) is 124 cm³/mol. The van der Waals surface area contributed by atoms with Gasteiger partial charge in [0, 0.05) is 18.2 Å². The van der Waals surface area contributed by atoms with Gasteiger partial charge in [0.1, 0.15) is 5.76 Å². The van der Waals surface area contributed by atoms with Crippen molar-refractivity contribution in [3.63, 3.8) is 0 Å². The van der Waals surface area contributed by atoms with Crippen molar-refractivity contribution < 1.29 is 29.6 Å². The fourth-order valence-electron chi connectivity index (χ4n) is 6.73.